The molecule has 27 heavy (non-hydrogen) atoms. The fourth-order valence-corrected chi connectivity index (χ4v) is 3.42. The van der Waals surface area contributed by atoms with Crippen LogP contribution in [0.15, 0.2) is 25.3 Å². The molecular weight excluding hydrogens is 364 g/mol. The van der Waals surface area contributed by atoms with Crippen molar-refractivity contribution >= 4 is 20.5 Å². The van der Waals surface area contributed by atoms with E-state index in [1.165, 1.54) is 12.2 Å². The Hall–Kier alpha value is -1.80. The highest BCUT2D eigenvalue weighted by Gasteiger charge is 2.39. The lowest BCUT2D eigenvalue weighted by molar-refractivity contribution is 0.118. The zero-order valence-electron chi connectivity index (χ0n) is 17.6. The third-order valence-electron chi connectivity index (χ3n) is 4.63. The Morgan fingerprint density at radius 1 is 1.00 bits per heavy atom. The number of nitrogens with one attached hydrogen (secondary N) is 2. The van der Waals surface area contributed by atoms with Gasteiger partial charge in [-0.2, -0.15) is 0 Å². The minimum atomic E-state index is -2.00. The molecule has 0 saturated heterocycles. The summed E-state index contributed by atoms with van der Waals surface area (Å²) in [6.07, 6.45) is 1.75. The van der Waals surface area contributed by atoms with Crippen LogP contribution in [-0.2, 0) is 13.9 Å². The molecule has 0 rings (SSSR count). The number of ether oxygens (including phenoxy) is 2. The summed E-state index contributed by atoms with van der Waals surface area (Å²) in [6.45, 7) is 20.7. The number of alkyl carbamates (subject to hydrolysis) is 2. The second-order valence-electron chi connectivity index (χ2n) is 7.88. The van der Waals surface area contributed by atoms with Crippen molar-refractivity contribution < 1.29 is 23.5 Å². The highest BCUT2D eigenvalue weighted by molar-refractivity contribution is 6.74. The second-order valence-corrected chi connectivity index (χ2v) is 12.6. The third kappa shape index (κ3) is 10.2. The first kappa shape index (κ1) is 25.2. The van der Waals surface area contributed by atoms with Gasteiger partial charge in [0.2, 0.25) is 0 Å². The molecule has 0 aliphatic rings. The summed E-state index contributed by atoms with van der Waals surface area (Å²) in [5.74, 6) is -0.147. The van der Waals surface area contributed by atoms with E-state index in [1.807, 2.05) is 6.92 Å². The minimum absolute atomic E-state index is 0.0540. The zero-order chi connectivity index (χ0) is 21.1. The normalized spacial score (nSPS) is 12.9. The number of rotatable bonds is 11. The fourth-order valence-electron chi connectivity index (χ4n) is 1.94. The average Bonchev–Trinajstić information content (AvgIpc) is 2.56. The van der Waals surface area contributed by atoms with Gasteiger partial charge >= 0.3 is 12.2 Å². The van der Waals surface area contributed by atoms with Crippen LogP contribution in [0.25, 0.3) is 0 Å². The molecule has 0 fully saturated rings. The van der Waals surface area contributed by atoms with Gasteiger partial charge in [0.05, 0.1) is 0 Å². The summed E-state index contributed by atoms with van der Waals surface area (Å²) in [5, 5.41) is 5.47. The average molecular weight is 401 g/mol. The lowest BCUT2D eigenvalue weighted by atomic mass is 10.0. The van der Waals surface area contributed by atoms with Crippen molar-refractivity contribution in [3.05, 3.63) is 25.3 Å². The van der Waals surface area contributed by atoms with Crippen LogP contribution in [0.3, 0.4) is 0 Å². The molecule has 0 heterocycles. The number of hydrogen-bond donors (Lipinski definition) is 2. The van der Waals surface area contributed by atoms with Crippen molar-refractivity contribution in [2.24, 2.45) is 5.92 Å². The van der Waals surface area contributed by atoms with Crippen LogP contribution in [0.2, 0.25) is 18.1 Å². The van der Waals surface area contributed by atoms with Gasteiger partial charge in [-0.05, 0) is 25.1 Å². The molecule has 0 aromatic rings. The summed E-state index contributed by atoms with van der Waals surface area (Å²) < 4.78 is 16.3. The predicted octanol–water partition coefficient (Wildman–Crippen LogP) is 3.84. The SMILES string of the molecule is C=CCOC(=O)NCC(CNC(=O)OCC=C)C(C)O[Si](C)(C)C(C)(C)C. The van der Waals surface area contributed by atoms with Crippen molar-refractivity contribution in [3.8, 4) is 0 Å². The highest BCUT2D eigenvalue weighted by atomic mass is 28.4. The number of carbonyl (C=O) groups excluding carboxylic acids is 2. The Morgan fingerprint density at radius 3 is 1.74 bits per heavy atom. The van der Waals surface area contributed by atoms with E-state index >= 15 is 0 Å². The van der Waals surface area contributed by atoms with Gasteiger partial charge in [0.15, 0.2) is 8.32 Å². The molecule has 0 spiro atoms. The number of amides is 2. The Morgan fingerprint density at radius 2 is 1.41 bits per heavy atom. The molecule has 0 saturated carbocycles. The van der Waals surface area contributed by atoms with Crippen LogP contribution in [-0.4, -0.2) is 52.9 Å². The standard InChI is InChI=1S/C19H36N2O5Si/c1-9-11-24-17(22)20-13-16(14-21-18(23)25-12-10-2)15(3)26-27(7,8)19(4,5)6/h9-10,15-16H,1-2,11-14H2,3-8H3,(H,20,22)(H,21,23). The molecule has 1 atom stereocenters. The van der Waals surface area contributed by atoms with E-state index in [4.69, 9.17) is 13.9 Å². The summed E-state index contributed by atoms with van der Waals surface area (Å²) in [4.78, 5) is 23.4. The van der Waals surface area contributed by atoms with Crippen LogP contribution in [0.5, 0.6) is 0 Å². The van der Waals surface area contributed by atoms with Crippen LogP contribution in [0.4, 0.5) is 9.59 Å². The van der Waals surface area contributed by atoms with E-state index in [0.29, 0.717) is 13.1 Å². The van der Waals surface area contributed by atoms with Crippen molar-refractivity contribution in [3.63, 3.8) is 0 Å². The molecule has 0 aromatic carbocycles. The van der Waals surface area contributed by atoms with Gasteiger partial charge in [0.1, 0.15) is 13.2 Å². The molecular formula is C19H36N2O5Si. The number of hydrogen-bond acceptors (Lipinski definition) is 5. The molecule has 0 aliphatic heterocycles. The topological polar surface area (TPSA) is 85.9 Å². The molecule has 1 unspecified atom stereocenters. The van der Waals surface area contributed by atoms with Crippen LogP contribution in [0, 0.1) is 5.92 Å². The smallest absolute Gasteiger partial charge is 0.407 e. The lowest BCUT2D eigenvalue weighted by Crippen LogP contribution is -2.49. The highest BCUT2D eigenvalue weighted by Crippen LogP contribution is 2.37. The quantitative estimate of drug-likeness (QED) is 0.406. The molecule has 2 amide bonds. The maximum Gasteiger partial charge on any atom is 0.407 e. The Kier molecular flexibility index (Phi) is 11.0. The minimum Gasteiger partial charge on any atom is -0.445 e. The molecule has 0 aromatic heterocycles. The lowest BCUT2D eigenvalue weighted by Gasteiger charge is -2.40. The maximum atomic E-state index is 11.7. The van der Waals surface area contributed by atoms with E-state index in [1.54, 1.807) is 0 Å². The van der Waals surface area contributed by atoms with E-state index in [-0.39, 0.29) is 30.3 Å². The van der Waals surface area contributed by atoms with E-state index < -0.39 is 20.5 Å². The van der Waals surface area contributed by atoms with E-state index in [9.17, 15) is 9.59 Å². The van der Waals surface area contributed by atoms with Crippen molar-refractivity contribution in [1.82, 2.24) is 10.6 Å². The summed E-state index contributed by atoms with van der Waals surface area (Å²) in [6, 6.07) is 0. The third-order valence-corrected chi connectivity index (χ3v) is 9.21. The van der Waals surface area contributed by atoms with Gasteiger partial charge in [-0.1, -0.05) is 46.1 Å². The molecule has 0 aliphatic carbocycles. The van der Waals surface area contributed by atoms with Crippen LogP contribution >= 0.6 is 0 Å². The second kappa shape index (κ2) is 11.8. The van der Waals surface area contributed by atoms with Gasteiger partial charge in [-0.3, -0.25) is 0 Å². The summed E-state index contributed by atoms with van der Waals surface area (Å²) in [5.41, 5.74) is 0. The maximum absolute atomic E-state index is 11.7. The first-order chi connectivity index (χ1) is 12.4. The van der Waals surface area contributed by atoms with Crippen LogP contribution < -0.4 is 10.6 Å². The molecule has 7 nitrogen and oxygen atoms in total. The molecule has 0 radical (unpaired) electrons. The Labute approximate surface area is 164 Å². The van der Waals surface area contributed by atoms with Crippen molar-refractivity contribution in [1.29, 1.82) is 0 Å². The van der Waals surface area contributed by atoms with Crippen molar-refractivity contribution in [2.75, 3.05) is 26.3 Å². The first-order valence-electron chi connectivity index (χ1n) is 9.15. The van der Waals surface area contributed by atoms with Crippen molar-refractivity contribution in [2.45, 2.75) is 51.9 Å². The largest absolute Gasteiger partial charge is 0.445 e. The Balaban J connectivity index is 4.93. The molecule has 8 heteroatoms. The monoisotopic (exact) mass is 400 g/mol. The summed E-state index contributed by atoms with van der Waals surface area (Å²) in [7, 11) is -2.00. The molecule has 0 bridgehead atoms. The van der Waals surface area contributed by atoms with Gasteiger partial charge in [0, 0.05) is 25.1 Å². The van der Waals surface area contributed by atoms with Gasteiger partial charge in [-0.25, -0.2) is 9.59 Å². The van der Waals surface area contributed by atoms with Crippen LogP contribution in [0.1, 0.15) is 27.7 Å². The van der Waals surface area contributed by atoms with Gasteiger partial charge in [-0.15, -0.1) is 0 Å². The molecule has 2 N–H and O–H groups in total. The van der Waals surface area contributed by atoms with Gasteiger partial charge < -0.3 is 24.5 Å². The Bertz CT molecular complexity index is 475. The van der Waals surface area contributed by atoms with Gasteiger partial charge in [0.25, 0.3) is 0 Å². The van der Waals surface area contributed by atoms with E-state index in [2.05, 4.69) is 57.7 Å². The predicted molar refractivity (Wildman–Crippen MR) is 110 cm³/mol. The number of carbonyl (C=O) groups is 2. The molecule has 156 valence electrons. The van der Waals surface area contributed by atoms with E-state index in [0.717, 1.165) is 0 Å². The zero-order valence-corrected chi connectivity index (χ0v) is 18.6. The summed E-state index contributed by atoms with van der Waals surface area (Å²) >= 11 is 0. The first-order valence-corrected chi connectivity index (χ1v) is 12.1. The fraction of sp³-hybridized carbons (Fsp3) is 0.684.